The van der Waals surface area contributed by atoms with E-state index in [0.717, 1.165) is 42.7 Å². The van der Waals surface area contributed by atoms with Gasteiger partial charge in [-0.2, -0.15) is 4.98 Å². The zero-order valence-corrected chi connectivity index (χ0v) is 18.2. The fourth-order valence-corrected chi connectivity index (χ4v) is 3.74. The van der Waals surface area contributed by atoms with Crippen molar-refractivity contribution in [2.75, 3.05) is 13.2 Å². The number of likely N-dealkylation sites (tertiary alicyclic amines) is 1. The summed E-state index contributed by atoms with van der Waals surface area (Å²) >= 11 is 0. The van der Waals surface area contributed by atoms with Crippen molar-refractivity contribution in [3.8, 4) is 17.1 Å². The summed E-state index contributed by atoms with van der Waals surface area (Å²) in [6.07, 6.45) is 3.56. The summed E-state index contributed by atoms with van der Waals surface area (Å²) in [6.45, 7) is 6.20. The van der Waals surface area contributed by atoms with Gasteiger partial charge in [0.1, 0.15) is 5.75 Å². The van der Waals surface area contributed by atoms with E-state index >= 15 is 0 Å². The van der Waals surface area contributed by atoms with Gasteiger partial charge < -0.3 is 14.2 Å². The highest BCUT2D eigenvalue weighted by Gasteiger charge is 2.34. The second-order valence-electron chi connectivity index (χ2n) is 8.03. The van der Waals surface area contributed by atoms with Gasteiger partial charge in [0.2, 0.25) is 17.6 Å². The van der Waals surface area contributed by atoms with Gasteiger partial charge in [-0.05, 0) is 48.2 Å². The van der Waals surface area contributed by atoms with Gasteiger partial charge in [0.05, 0.1) is 12.5 Å². The Labute approximate surface area is 183 Å². The van der Waals surface area contributed by atoms with Crippen LogP contribution in [0.25, 0.3) is 11.4 Å². The van der Waals surface area contributed by atoms with Gasteiger partial charge in [-0.25, -0.2) is 0 Å². The van der Waals surface area contributed by atoms with Gasteiger partial charge in [-0.15, -0.1) is 0 Å². The maximum Gasteiger partial charge on any atom is 0.232 e. The monoisotopic (exact) mass is 419 g/mol. The molecule has 1 atom stereocenters. The SMILES string of the molecule is CCCCOc1ccc(-c2noc(C3CC(=O)N(Cc4ccc(CC)cc4)C3)n2)cc1. The first kappa shape index (κ1) is 21.1. The normalized spacial score (nSPS) is 16.1. The summed E-state index contributed by atoms with van der Waals surface area (Å²) in [5.74, 6) is 1.95. The third-order valence-corrected chi connectivity index (χ3v) is 5.69. The van der Waals surface area contributed by atoms with Crippen LogP contribution in [-0.4, -0.2) is 34.1 Å². The molecule has 2 heterocycles. The molecule has 0 N–H and O–H groups in total. The molecule has 1 fully saturated rings. The molecule has 162 valence electrons. The average Bonchev–Trinajstić information content (AvgIpc) is 3.42. The van der Waals surface area contributed by atoms with Gasteiger partial charge in [-0.1, -0.05) is 49.7 Å². The molecule has 6 nitrogen and oxygen atoms in total. The number of amides is 1. The van der Waals surface area contributed by atoms with Crippen molar-refractivity contribution < 1.29 is 14.1 Å². The summed E-state index contributed by atoms with van der Waals surface area (Å²) < 4.78 is 11.2. The standard InChI is InChI=1S/C25H29N3O3/c1-3-5-14-30-22-12-10-20(11-13-22)24-26-25(31-27-24)21-15-23(29)28(17-21)16-19-8-6-18(4-2)7-9-19/h6-13,21H,3-5,14-17H2,1-2H3. The molecule has 0 aliphatic carbocycles. The van der Waals surface area contributed by atoms with E-state index < -0.39 is 0 Å². The van der Waals surface area contributed by atoms with E-state index in [-0.39, 0.29) is 11.8 Å². The van der Waals surface area contributed by atoms with Crippen LogP contribution in [0, 0.1) is 0 Å². The van der Waals surface area contributed by atoms with Crippen molar-refractivity contribution in [2.24, 2.45) is 0 Å². The van der Waals surface area contributed by atoms with Crippen molar-refractivity contribution in [1.82, 2.24) is 15.0 Å². The van der Waals surface area contributed by atoms with E-state index in [1.54, 1.807) is 0 Å². The van der Waals surface area contributed by atoms with Gasteiger partial charge in [0.15, 0.2) is 0 Å². The van der Waals surface area contributed by atoms with Gasteiger partial charge in [-0.3, -0.25) is 4.79 Å². The number of ether oxygens (including phenoxy) is 1. The molecule has 1 aromatic heterocycles. The molecular formula is C25H29N3O3. The third-order valence-electron chi connectivity index (χ3n) is 5.69. The fraction of sp³-hybridized carbons (Fsp3) is 0.400. The second kappa shape index (κ2) is 9.77. The molecular weight excluding hydrogens is 390 g/mol. The van der Waals surface area contributed by atoms with Crippen LogP contribution >= 0.6 is 0 Å². The third kappa shape index (κ3) is 5.13. The number of carbonyl (C=O) groups is 1. The van der Waals surface area contributed by atoms with Crippen molar-refractivity contribution in [3.63, 3.8) is 0 Å². The number of aryl methyl sites for hydroxylation is 1. The van der Waals surface area contributed by atoms with Crippen LogP contribution in [0.1, 0.15) is 56.0 Å². The van der Waals surface area contributed by atoms with Crippen LogP contribution < -0.4 is 4.74 Å². The van der Waals surface area contributed by atoms with Crippen LogP contribution in [0.5, 0.6) is 5.75 Å². The smallest absolute Gasteiger partial charge is 0.232 e. The molecule has 1 aliphatic rings. The van der Waals surface area contributed by atoms with E-state index in [9.17, 15) is 4.79 Å². The maximum absolute atomic E-state index is 12.5. The number of nitrogens with zero attached hydrogens (tertiary/aromatic N) is 3. The summed E-state index contributed by atoms with van der Waals surface area (Å²) in [5.41, 5.74) is 3.31. The fourth-order valence-electron chi connectivity index (χ4n) is 3.74. The number of benzene rings is 2. The molecule has 2 aromatic carbocycles. The van der Waals surface area contributed by atoms with Gasteiger partial charge >= 0.3 is 0 Å². The Kier molecular flexibility index (Phi) is 6.65. The molecule has 0 spiro atoms. The molecule has 0 radical (unpaired) electrons. The highest BCUT2D eigenvalue weighted by Crippen LogP contribution is 2.30. The second-order valence-corrected chi connectivity index (χ2v) is 8.03. The lowest BCUT2D eigenvalue weighted by Gasteiger charge is -2.16. The van der Waals surface area contributed by atoms with Gasteiger partial charge in [0, 0.05) is 25.1 Å². The highest BCUT2D eigenvalue weighted by atomic mass is 16.5. The number of aromatic nitrogens is 2. The predicted octanol–water partition coefficient (Wildman–Crippen LogP) is 4.99. The summed E-state index contributed by atoms with van der Waals surface area (Å²) in [7, 11) is 0. The van der Waals surface area contributed by atoms with E-state index in [1.165, 1.54) is 5.56 Å². The summed E-state index contributed by atoms with van der Waals surface area (Å²) in [4.78, 5) is 19.0. The lowest BCUT2D eigenvalue weighted by Crippen LogP contribution is -2.24. The van der Waals surface area contributed by atoms with Crippen molar-refractivity contribution in [1.29, 1.82) is 0 Å². The Balaban J connectivity index is 1.38. The minimum Gasteiger partial charge on any atom is -0.494 e. The van der Waals surface area contributed by atoms with E-state index in [0.29, 0.717) is 31.2 Å². The van der Waals surface area contributed by atoms with Gasteiger partial charge in [0.25, 0.3) is 0 Å². The minimum atomic E-state index is -0.0692. The molecule has 3 aromatic rings. The zero-order chi connectivity index (χ0) is 21.6. The van der Waals surface area contributed by atoms with Crippen LogP contribution in [0.4, 0.5) is 0 Å². The largest absolute Gasteiger partial charge is 0.494 e. The Morgan fingerprint density at radius 1 is 1.06 bits per heavy atom. The predicted molar refractivity (Wildman–Crippen MR) is 119 cm³/mol. The molecule has 1 saturated heterocycles. The molecule has 31 heavy (non-hydrogen) atoms. The topological polar surface area (TPSA) is 68.5 Å². The molecule has 1 amide bonds. The van der Waals surface area contributed by atoms with Crippen molar-refractivity contribution in [3.05, 3.63) is 65.5 Å². The quantitative estimate of drug-likeness (QED) is 0.457. The molecule has 0 saturated carbocycles. The Hall–Kier alpha value is -3.15. The number of rotatable bonds is 9. The Bertz CT molecular complexity index is 996. The van der Waals surface area contributed by atoms with Crippen LogP contribution in [0.15, 0.2) is 53.1 Å². The first-order chi connectivity index (χ1) is 15.2. The first-order valence-electron chi connectivity index (χ1n) is 11.1. The van der Waals surface area contributed by atoms with E-state index in [4.69, 9.17) is 9.26 Å². The Morgan fingerprint density at radius 2 is 1.81 bits per heavy atom. The van der Waals surface area contributed by atoms with Crippen LogP contribution in [0.2, 0.25) is 0 Å². The molecule has 4 rings (SSSR count). The lowest BCUT2D eigenvalue weighted by atomic mass is 10.1. The number of unbranched alkanes of at least 4 members (excludes halogenated alkanes) is 1. The Morgan fingerprint density at radius 3 is 2.52 bits per heavy atom. The average molecular weight is 420 g/mol. The number of hydrogen-bond donors (Lipinski definition) is 0. The summed E-state index contributed by atoms with van der Waals surface area (Å²) in [6, 6.07) is 16.1. The zero-order valence-electron chi connectivity index (χ0n) is 18.2. The minimum absolute atomic E-state index is 0.0692. The molecule has 6 heteroatoms. The molecule has 1 unspecified atom stereocenters. The summed E-state index contributed by atoms with van der Waals surface area (Å²) in [5, 5.41) is 4.13. The lowest BCUT2D eigenvalue weighted by molar-refractivity contribution is -0.128. The first-order valence-corrected chi connectivity index (χ1v) is 11.1. The number of carbonyl (C=O) groups excluding carboxylic acids is 1. The molecule has 0 bridgehead atoms. The number of hydrogen-bond acceptors (Lipinski definition) is 5. The van der Waals surface area contributed by atoms with E-state index in [2.05, 4.69) is 48.3 Å². The van der Waals surface area contributed by atoms with Crippen molar-refractivity contribution in [2.45, 2.75) is 52.0 Å². The van der Waals surface area contributed by atoms with Crippen LogP contribution in [0.3, 0.4) is 0 Å². The van der Waals surface area contributed by atoms with Crippen molar-refractivity contribution >= 4 is 5.91 Å². The molecule has 1 aliphatic heterocycles. The van der Waals surface area contributed by atoms with E-state index in [1.807, 2.05) is 29.2 Å². The van der Waals surface area contributed by atoms with Crippen LogP contribution in [-0.2, 0) is 17.8 Å². The maximum atomic E-state index is 12.5. The highest BCUT2D eigenvalue weighted by molar-refractivity contribution is 5.79.